The van der Waals surface area contributed by atoms with E-state index in [4.69, 9.17) is 5.73 Å². The lowest BCUT2D eigenvalue weighted by Gasteiger charge is -2.27. The number of rotatable bonds is 7. The average Bonchev–Trinajstić information content (AvgIpc) is 2.96. The maximum absolute atomic E-state index is 11.9. The van der Waals surface area contributed by atoms with Crippen molar-refractivity contribution >= 4 is 28.1 Å². The van der Waals surface area contributed by atoms with E-state index in [1.54, 1.807) is 0 Å². The summed E-state index contributed by atoms with van der Waals surface area (Å²) in [4.78, 5) is 18.2. The van der Waals surface area contributed by atoms with Crippen molar-refractivity contribution in [2.75, 3.05) is 24.2 Å². The molecule has 5 nitrogen and oxygen atoms in total. The lowest BCUT2D eigenvalue weighted by molar-refractivity contribution is -0.121. The second-order valence-corrected chi connectivity index (χ2v) is 6.17. The molecule has 6 heteroatoms. The van der Waals surface area contributed by atoms with E-state index in [1.807, 2.05) is 30.6 Å². The van der Waals surface area contributed by atoms with Crippen molar-refractivity contribution in [3.63, 3.8) is 0 Å². The normalized spacial score (nSPS) is 11.9. The first-order valence-electron chi connectivity index (χ1n) is 7.30. The van der Waals surface area contributed by atoms with Gasteiger partial charge in [-0.15, -0.1) is 11.3 Å². The van der Waals surface area contributed by atoms with Crippen LogP contribution in [0.5, 0.6) is 0 Å². The van der Waals surface area contributed by atoms with Gasteiger partial charge in [0.05, 0.1) is 5.69 Å². The Labute approximate surface area is 135 Å². The molecule has 0 saturated carbocycles. The van der Waals surface area contributed by atoms with Gasteiger partial charge in [-0.1, -0.05) is 18.2 Å². The summed E-state index contributed by atoms with van der Waals surface area (Å²) in [6.45, 7) is 2.71. The summed E-state index contributed by atoms with van der Waals surface area (Å²) in [7, 11) is 2.03. The minimum absolute atomic E-state index is 0.0416. The van der Waals surface area contributed by atoms with Crippen LogP contribution in [0, 0.1) is 0 Å². The summed E-state index contributed by atoms with van der Waals surface area (Å²) >= 11 is 1.40. The molecule has 0 fully saturated rings. The van der Waals surface area contributed by atoms with E-state index in [2.05, 4.69) is 34.3 Å². The van der Waals surface area contributed by atoms with Gasteiger partial charge in [0, 0.05) is 37.1 Å². The number of benzene rings is 1. The number of thiazole rings is 1. The first-order chi connectivity index (χ1) is 10.6. The molecule has 0 spiro atoms. The number of amides is 1. The highest BCUT2D eigenvalue weighted by Crippen LogP contribution is 2.14. The monoisotopic (exact) mass is 318 g/mol. The van der Waals surface area contributed by atoms with Crippen LogP contribution in [0.4, 0.5) is 10.8 Å². The minimum Gasteiger partial charge on any atom is -0.375 e. The van der Waals surface area contributed by atoms with Crippen LogP contribution in [0.3, 0.4) is 0 Å². The average molecular weight is 318 g/mol. The Morgan fingerprint density at radius 2 is 2.14 bits per heavy atom. The fraction of sp³-hybridized carbons (Fsp3) is 0.375. The standard InChI is InChI=1S/C16H22N4OS/c1-12(20(2)14-6-4-3-5-7-14)10-18-15(21)9-8-13-11-22-16(17)19-13/h3-7,11-12H,8-10H2,1-2H3,(H2,17,19)(H,18,21). The first kappa shape index (κ1) is 16.3. The Balaban J connectivity index is 1.73. The van der Waals surface area contributed by atoms with Gasteiger partial charge in [-0.05, 0) is 25.5 Å². The highest BCUT2D eigenvalue weighted by Gasteiger charge is 2.11. The largest absolute Gasteiger partial charge is 0.375 e. The van der Waals surface area contributed by atoms with Crippen molar-refractivity contribution in [3.05, 3.63) is 41.4 Å². The molecule has 1 heterocycles. The molecular weight excluding hydrogens is 296 g/mol. The maximum Gasteiger partial charge on any atom is 0.220 e. The van der Waals surface area contributed by atoms with Crippen molar-refractivity contribution in [1.29, 1.82) is 0 Å². The van der Waals surface area contributed by atoms with Crippen molar-refractivity contribution in [3.8, 4) is 0 Å². The van der Waals surface area contributed by atoms with Crippen molar-refractivity contribution < 1.29 is 4.79 Å². The summed E-state index contributed by atoms with van der Waals surface area (Å²) in [5.74, 6) is 0.0416. The Morgan fingerprint density at radius 1 is 1.41 bits per heavy atom. The molecule has 1 unspecified atom stereocenters. The molecule has 0 saturated heterocycles. The zero-order chi connectivity index (χ0) is 15.9. The molecule has 0 aliphatic heterocycles. The highest BCUT2D eigenvalue weighted by atomic mass is 32.1. The number of hydrogen-bond donors (Lipinski definition) is 2. The number of anilines is 2. The maximum atomic E-state index is 11.9. The summed E-state index contributed by atoms with van der Waals surface area (Å²) in [6.07, 6.45) is 1.06. The number of aryl methyl sites for hydroxylation is 1. The Kier molecular flexibility index (Phi) is 5.77. The molecule has 22 heavy (non-hydrogen) atoms. The van der Waals surface area contributed by atoms with Crippen molar-refractivity contribution in [2.45, 2.75) is 25.8 Å². The topological polar surface area (TPSA) is 71.2 Å². The molecule has 1 atom stereocenters. The van der Waals surface area contributed by atoms with Crippen LogP contribution in [-0.4, -0.2) is 30.5 Å². The van der Waals surface area contributed by atoms with Gasteiger partial charge in [-0.3, -0.25) is 4.79 Å². The van der Waals surface area contributed by atoms with Gasteiger partial charge in [0.1, 0.15) is 0 Å². The van der Waals surface area contributed by atoms with Crippen LogP contribution >= 0.6 is 11.3 Å². The molecule has 118 valence electrons. The quantitative estimate of drug-likeness (QED) is 0.822. The van der Waals surface area contributed by atoms with Gasteiger partial charge in [-0.2, -0.15) is 0 Å². The number of para-hydroxylation sites is 1. The Morgan fingerprint density at radius 3 is 2.77 bits per heavy atom. The van der Waals surface area contributed by atoms with Gasteiger partial charge < -0.3 is 16.0 Å². The Bertz CT molecular complexity index is 599. The van der Waals surface area contributed by atoms with Crippen molar-refractivity contribution in [2.24, 2.45) is 0 Å². The van der Waals surface area contributed by atoms with E-state index in [-0.39, 0.29) is 11.9 Å². The number of nitrogens with zero attached hydrogens (tertiary/aromatic N) is 2. The minimum atomic E-state index is 0.0416. The third kappa shape index (κ3) is 4.73. The van der Waals surface area contributed by atoms with Crippen molar-refractivity contribution in [1.82, 2.24) is 10.3 Å². The molecule has 1 aromatic heterocycles. The van der Waals surface area contributed by atoms with E-state index in [0.29, 0.717) is 24.5 Å². The van der Waals surface area contributed by atoms with Crippen LogP contribution in [0.1, 0.15) is 19.0 Å². The lowest BCUT2D eigenvalue weighted by Crippen LogP contribution is -2.40. The third-order valence-corrected chi connectivity index (χ3v) is 4.32. The number of nitrogens with one attached hydrogen (secondary N) is 1. The van der Waals surface area contributed by atoms with Gasteiger partial charge in [0.2, 0.25) is 5.91 Å². The molecule has 1 aromatic carbocycles. The summed E-state index contributed by atoms with van der Waals surface area (Å²) in [5, 5.41) is 5.42. The molecule has 1 amide bonds. The number of carbonyl (C=O) groups is 1. The predicted molar refractivity (Wildman–Crippen MR) is 92.2 cm³/mol. The van der Waals surface area contributed by atoms with E-state index in [9.17, 15) is 4.79 Å². The smallest absolute Gasteiger partial charge is 0.220 e. The van der Waals surface area contributed by atoms with Gasteiger partial charge in [0.15, 0.2) is 5.13 Å². The van der Waals surface area contributed by atoms with E-state index in [1.165, 1.54) is 11.3 Å². The fourth-order valence-corrected chi connectivity index (χ4v) is 2.68. The number of hydrogen-bond acceptors (Lipinski definition) is 5. The van der Waals surface area contributed by atoms with Gasteiger partial charge in [-0.25, -0.2) is 4.98 Å². The van der Waals surface area contributed by atoms with Crippen LogP contribution in [-0.2, 0) is 11.2 Å². The summed E-state index contributed by atoms with van der Waals surface area (Å²) < 4.78 is 0. The zero-order valence-electron chi connectivity index (χ0n) is 13.0. The lowest BCUT2D eigenvalue weighted by atomic mass is 10.2. The third-order valence-electron chi connectivity index (χ3n) is 3.60. The van der Waals surface area contributed by atoms with Crippen LogP contribution in [0.15, 0.2) is 35.7 Å². The highest BCUT2D eigenvalue weighted by molar-refractivity contribution is 7.13. The number of nitrogens with two attached hydrogens (primary N) is 1. The Hall–Kier alpha value is -2.08. The zero-order valence-corrected chi connectivity index (χ0v) is 13.8. The van der Waals surface area contributed by atoms with Gasteiger partial charge >= 0.3 is 0 Å². The van der Waals surface area contributed by atoms with E-state index >= 15 is 0 Å². The molecule has 0 radical (unpaired) electrons. The molecule has 3 N–H and O–H groups in total. The second kappa shape index (κ2) is 7.79. The van der Waals surface area contributed by atoms with Crippen LogP contribution in [0.2, 0.25) is 0 Å². The van der Waals surface area contributed by atoms with Crippen LogP contribution < -0.4 is 16.0 Å². The van der Waals surface area contributed by atoms with E-state index in [0.717, 1.165) is 11.4 Å². The number of carbonyl (C=O) groups excluding carboxylic acids is 1. The molecule has 2 rings (SSSR count). The molecule has 0 bridgehead atoms. The predicted octanol–water partition coefficient (Wildman–Crippen LogP) is 2.30. The molecule has 2 aromatic rings. The van der Waals surface area contributed by atoms with Crippen LogP contribution in [0.25, 0.3) is 0 Å². The second-order valence-electron chi connectivity index (χ2n) is 5.28. The van der Waals surface area contributed by atoms with E-state index < -0.39 is 0 Å². The molecule has 0 aliphatic rings. The summed E-state index contributed by atoms with van der Waals surface area (Å²) in [6, 6.07) is 10.4. The number of likely N-dealkylation sites (N-methyl/N-ethyl adjacent to an activating group) is 1. The molecular formula is C16H22N4OS. The SMILES string of the molecule is CC(CNC(=O)CCc1csc(N)n1)N(C)c1ccccc1. The first-order valence-corrected chi connectivity index (χ1v) is 8.18. The molecule has 0 aliphatic carbocycles. The van der Waals surface area contributed by atoms with Gasteiger partial charge in [0.25, 0.3) is 0 Å². The number of aromatic nitrogens is 1. The number of nitrogen functional groups attached to an aromatic ring is 1. The summed E-state index contributed by atoms with van der Waals surface area (Å²) in [5.41, 5.74) is 7.60. The fourth-order valence-electron chi connectivity index (χ4n) is 2.08.